The number of anilines is 1. The molecule has 19 heavy (non-hydrogen) atoms. The smallest absolute Gasteiger partial charge is 0.242 e. The van der Waals surface area contributed by atoms with Gasteiger partial charge in [-0.3, -0.25) is 9.59 Å². The molecule has 1 rings (SSSR count). The van der Waals surface area contributed by atoms with E-state index in [2.05, 4.69) is 0 Å². The quantitative estimate of drug-likeness (QED) is 0.816. The lowest BCUT2D eigenvalue weighted by molar-refractivity contribution is -0.130. The number of para-hydroxylation sites is 1. The number of carbonyl (C=O) groups excluding carboxylic acids is 2. The van der Waals surface area contributed by atoms with Crippen molar-refractivity contribution in [2.24, 2.45) is 0 Å². The molecule has 0 aliphatic rings. The van der Waals surface area contributed by atoms with Gasteiger partial charge in [0, 0.05) is 25.7 Å². The number of hydrogen-bond donors (Lipinski definition) is 0. The van der Waals surface area contributed by atoms with Crippen molar-refractivity contribution in [1.29, 1.82) is 0 Å². The summed E-state index contributed by atoms with van der Waals surface area (Å²) in [5, 5.41) is 0. The van der Waals surface area contributed by atoms with E-state index in [-0.39, 0.29) is 18.4 Å². The third-order valence-corrected chi connectivity index (χ3v) is 3.20. The number of rotatable bonds is 5. The van der Waals surface area contributed by atoms with Crippen LogP contribution in [0.2, 0.25) is 0 Å². The van der Waals surface area contributed by atoms with E-state index in [9.17, 15) is 9.59 Å². The van der Waals surface area contributed by atoms with E-state index in [0.29, 0.717) is 13.1 Å². The van der Waals surface area contributed by atoms with Crippen molar-refractivity contribution in [3.8, 4) is 0 Å². The summed E-state index contributed by atoms with van der Waals surface area (Å²) in [5.41, 5.74) is 1.79. The highest BCUT2D eigenvalue weighted by Crippen LogP contribution is 2.19. The molecular formula is C15H22N2O2. The predicted molar refractivity (Wildman–Crippen MR) is 77.1 cm³/mol. The van der Waals surface area contributed by atoms with E-state index >= 15 is 0 Å². The summed E-state index contributed by atoms with van der Waals surface area (Å²) < 4.78 is 0. The van der Waals surface area contributed by atoms with Gasteiger partial charge in [0.25, 0.3) is 0 Å². The van der Waals surface area contributed by atoms with Crippen LogP contribution in [0, 0.1) is 6.92 Å². The lowest BCUT2D eigenvalue weighted by atomic mass is 10.2. The Bertz CT molecular complexity index is 453. The van der Waals surface area contributed by atoms with Gasteiger partial charge < -0.3 is 9.80 Å². The molecule has 2 amide bonds. The number of carbonyl (C=O) groups is 2. The molecule has 1 aromatic rings. The first kappa shape index (κ1) is 15.2. The summed E-state index contributed by atoms with van der Waals surface area (Å²) in [6.45, 7) is 8.72. The molecule has 1 aromatic carbocycles. The summed E-state index contributed by atoms with van der Waals surface area (Å²) in [5.74, 6) is -0.141. The lowest BCUT2D eigenvalue weighted by Crippen LogP contribution is -2.42. The Morgan fingerprint density at radius 1 is 1.11 bits per heavy atom. The van der Waals surface area contributed by atoms with E-state index in [1.54, 1.807) is 4.90 Å². The van der Waals surface area contributed by atoms with Crippen molar-refractivity contribution < 1.29 is 9.59 Å². The average Bonchev–Trinajstić information content (AvgIpc) is 2.38. The van der Waals surface area contributed by atoms with E-state index in [1.165, 1.54) is 11.8 Å². The summed E-state index contributed by atoms with van der Waals surface area (Å²) in [6, 6.07) is 7.60. The summed E-state index contributed by atoms with van der Waals surface area (Å²) in [7, 11) is 0. The molecule has 0 saturated heterocycles. The molecular weight excluding hydrogens is 240 g/mol. The SMILES string of the molecule is CCN(CC)C(=O)CN(C(C)=O)c1ccccc1C. The number of aryl methyl sites for hydroxylation is 1. The van der Waals surface area contributed by atoms with Gasteiger partial charge in [-0.25, -0.2) is 0 Å². The molecule has 0 atom stereocenters. The molecule has 0 bridgehead atoms. The number of amides is 2. The zero-order valence-electron chi connectivity index (χ0n) is 12.1. The Morgan fingerprint density at radius 2 is 1.68 bits per heavy atom. The molecule has 0 spiro atoms. The van der Waals surface area contributed by atoms with Gasteiger partial charge in [0.1, 0.15) is 6.54 Å². The summed E-state index contributed by atoms with van der Waals surface area (Å²) >= 11 is 0. The number of likely N-dealkylation sites (N-methyl/N-ethyl adjacent to an activating group) is 1. The third-order valence-electron chi connectivity index (χ3n) is 3.20. The van der Waals surface area contributed by atoms with Gasteiger partial charge in [-0.1, -0.05) is 18.2 Å². The Balaban J connectivity index is 2.95. The fraction of sp³-hybridized carbons (Fsp3) is 0.467. The normalized spacial score (nSPS) is 10.1. The van der Waals surface area contributed by atoms with Gasteiger partial charge in [-0.15, -0.1) is 0 Å². The molecule has 0 saturated carbocycles. The van der Waals surface area contributed by atoms with E-state index in [4.69, 9.17) is 0 Å². The molecule has 4 nitrogen and oxygen atoms in total. The van der Waals surface area contributed by atoms with Crippen LogP contribution in [0.25, 0.3) is 0 Å². The Labute approximate surface area is 115 Å². The van der Waals surface area contributed by atoms with E-state index in [0.717, 1.165) is 11.3 Å². The second-order valence-corrected chi connectivity index (χ2v) is 4.46. The van der Waals surface area contributed by atoms with Crippen LogP contribution in [0.1, 0.15) is 26.3 Å². The van der Waals surface area contributed by atoms with Gasteiger partial charge in [0.2, 0.25) is 11.8 Å². The van der Waals surface area contributed by atoms with Crippen molar-refractivity contribution in [2.45, 2.75) is 27.7 Å². The number of hydrogen-bond acceptors (Lipinski definition) is 2. The van der Waals surface area contributed by atoms with Gasteiger partial charge >= 0.3 is 0 Å². The minimum atomic E-state index is -0.116. The van der Waals surface area contributed by atoms with Gasteiger partial charge in [-0.2, -0.15) is 0 Å². The highest BCUT2D eigenvalue weighted by Gasteiger charge is 2.19. The van der Waals surface area contributed by atoms with Crippen molar-refractivity contribution in [3.63, 3.8) is 0 Å². The molecule has 0 aliphatic carbocycles. The van der Waals surface area contributed by atoms with Crippen LogP contribution >= 0.6 is 0 Å². The standard InChI is InChI=1S/C15H22N2O2/c1-5-16(6-2)15(19)11-17(13(4)18)14-10-8-7-9-12(14)3/h7-10H,5-6,11H2,1-4H3. The zero-order valence-corrected chi connectivity index (χ0v) is 12.1. The highest BCUT2D eigenvalue weighted by molar-refractivity contribution is 5.98. The van der Waals surface area contributed by atoms with Crippen LogP contribution in [-0.2, 0) is 9.59 Å². The highest BCUT2D eigenvalue weighted by atomic mass is 16.2. The summed E-state index contributed by atoms with van der Waals surface area (Å²) in [6.07, 6.45) is 0. The Hall–Kier alpha value is -1.84. The first-order chi connectivity index (χ1) is 9.01. The summed E-state index contributed by atoms with van der Waals surface area (Å²) in [4.78, 5) is 27.2. The molecule has 0 fully saturated rings. The fourth-order valence-electron chi connectivity index (χ4n) is 2.04. The van der Waals surface area contributed by atoms with Crippen molar-refractivity contribution in [3.05, 3.63) is 29.8 Å². The van der Waals surface area contributed by atoms with Crippen molar-refractivity contribution in [1.82, 2.24) is 4.90 Å². The van der Waals surface area contributed by atoms with Crippen LogP contribution in [0.15, 0.2) is 24.3 Å². The van der Waals surface area contributed by atoms with Crippen LogP contribution in [0.3, 0.4) is 0 Å². The Morgan fingerprint density at radius 3 is 2.16 bits per heavy atom. The monoisotopic (exact) mass is 262 g/mol. The fourth-order valence-corrected chi connectivity index (χ4v) is 2.04. The second-order valence-electron chi connectivity index (χ2n) is 4.46. The predicted octanol–water partition coefficient (Wildman–Crippen LogP) is 2.22. The number of nitrogens with zero attached hydrogens (tertiary/aromatic N) is 2. The lowest BCUT2D eigenvalue weighted by Gasteiger charge is -2.26. The first-order valence-corrected chi connectivity index (χ1v) is 6.62. The van der Waals surface area contributed by atoms with Gasteiger partial charge in [0.15, 0.2) is 0 Å². The van der Waals surface area contributed by atoms with E-state index in [1.807, 2.05) is 45.0 Å². The third kappa shape index (κ3) is 3.81. The second kappa shape index (κ2) is 6.92. The van der Waals surface area contributed by atoms with Crippen LogP contribution < -0.4 is 4.90 Å². The van der Waals surface area contributed by atoms with Gasteiger partial charge in [-0.05, 0) is 32.4 Å². The van der Waals surface area contributed by atoms with E-state index < -0.39 is 0 Å². The molecule has 0 radical (unpaired) electrons. The minimum absolute atomic E-state index is 0.0246. The minimum Gasteiger partial charge on any atom is -0.342 e. The topological polar surface area (TPSA) is 40.6 Å². The average molecular weight is 262 g/mol. The van der Waals surface area contributed by atoms with Gasteiger partial charge in [0.05, 0.1) is 0 Å². The molecule has 0 heterocycles. The van der Waals surface area contributed by atoms with Crippen molar-refractivity contribution >= 4 is 17.5 Å². The molecule has 0 N–H and O–H groups in total. The number of benzene rings is 1. The van der Waals surface area contributed by atoms with Crippen LogP contribution in [0.5, 0.6) is 0 Å². The van der Waals surface area contributed by atoms with Crippen molar-refractivity contribution in [2.75, 3.05) is 24.5 Å². The first-order valence-electron chi connectivity index (χ1n) is 6.62. The maximum atomic E-state index is 12.1. The zero-order chi connectivity index (χ0) is 14.4. The molecule has 104 valence electrons. The maximum absolute atomic E-state index is 12.1. The Kier molecular flexibility index (Phi) is 5.55. The molecule has 0 aromatic heterocycles. The molecule has 0 aliphatic heterocycles. The molecule has 0 unspecified atom stereocenters. The largest absolute Gasteiger partial charge is 0.342 e. The van der Waals surface area contributed by atoms with Crippen LogP contribution in [-0.4, -0.2) is 36.3 Å². The maximum Gasteiger partial charge on any atom is 0.242 e. The molecule has 4 heteroatoms. The van der Waals surface area contributed by atoms with Crippen LogP contribution in [0.4, 0.5) is 5.69 Å².